The van der Waals surface area contributed by atoms with E-state index in [1.165, 1.54) is 0 Å². The predicted octanol–water partition coefficient (Wildman–Crippen LogP) is 2.23. The Labute approximate surface area is 139 Å². The predicted molar refractivity (Wildman–Crippen MR) is 97.1 cm³/mol. The summed E-state index contributed by atoms with van der Waals surface area (Å²) >= 11 is 0. The second-order valence-corrected chi connectivity index (χ2v) is 4.91. The standard InChI is InChI=1S/C14H25N5.HI/c1-6-15-14(18-11(2)3)17-10-12-7-8-16-13(9-12)19(4)5;/h7-9,11H,6,10H2,1-5H3,(H2,15,17,18);1H. The monoisotopic (exact) mass is 391 g/mol. The van der Waals surface area contributed by atoms with Crippen LogP contribution < -0.4 is 15.5 Å². The number of nitrogens with zero attached hydrogens (tertiary/aromatic N) is 3. The number of aromatic nitrogens is 1. The normalized spacial score (nSPS) is 11.0. The van der Waals surface area contributed by atoms with Crippen LogP contribution in [0.2, 0.25) is 0 Å². The summed E-state index contributed by atoms with van der Waals surface area (Å²) in [5.41, 5.74) is 1.15. The fraction of sp³-hybridized carbons (Fsp3) is 0.571. The van der Waals surface area contributed by atoms with Gasteiger partial charge in [0, 0.05) is 32.9 Å². The molecule has 114 valence electrons. The highest BCUT2D eigenvalue weighted by atomic mass is 127. The maximum atomic E-state index is 4.57. The van der Waals surface area contributed by atoms with Crippen molar-refractivity contribution in [2.24, 2.45) is 4.99 Å². The molecule has 0 aliphatic heterocycles. The highest BCUT2D eigenvalue weighted by Gasteiger charge is 2.01. The second-order valence-electron chi connectivity index (χ2n) is 4.91. The third-order valence-corrected chi connectivity index (χ3v) is 2.46. The van der Waals surface area contributed by atoms with Gasteiger partial charge in [0.2, 0.25) is 0 Å². The Balaban J connectivity index is 0.00000361. The molecule has 0 amide bonds. The zero-order valence-corrected chi connectivity index (χ0v) is 15.3. The smallest absolute Gasteiger partial charge is 0.191 e. The molecule has 1 aromatic rings. The van der Waals surface area contributed by atoms with E-state index in [9.17, 15) is 0 Å². The fourth-order valence-electron chi connectivity index (χ4n) is 1.57. The van der Waals surface area contributed by atoms with Crippen LogP contribution in [0.1, 0.15) is 26.3 Å². The van der Waals surface area contributed by atoms with Gasteiger partial charge in [0.25, 0.3) is 0 Å². The molecule has 6 heteroatoms. The number of hydrogen-bond donors (Lipinski definition) is 2. The van der Waals surface area contributed by atoms with E-state index in [0.717, 1.165) is 23.9 Å². The second kappa shape index (κ2) is 9.79. The minimum Gasteiger partial charge on any atom is -0.363 e. The van der Waals surface area contributed by atoms with Crippen molar-refractivity contribution in [3.05, 3.63) is 23.9 Å². The first-order valence-electron chi connectivity index (χ1n) is 6.70. The fourth-order valence-corrected chi connectivity index (χ4v) is 1.57. The van der Waals surface area contributed by atoms with Crippen LogP contribution in [0.15, 0.2) is 23.3 Å². The van der Waals surface area contributed by atoms with Crippen LogP contribution in [0.25, 0.3) is 0 Å². The SMILES string of the molecule is CCNC(=NCc1ccnc(N(C)C)c1)NC(C)C.I. The van der Waals surface area contributed by atoms with E-state index in [1.807, 2.05) is 31.3 Å². The van der Waals surface area contributed by atoms with Gasteiger partial charge < -0.3 is 15.5 Å². The lowest BCUT2D eigenvalue weighted by molar-refractivity contribution is 0.700. The van der Waals surface area contributed by atoms with Gasteiger partial charge in [0.05, 0.1) is 6.54 Å². The third kappa shape index (κ3) is 6.93. The molecule has 0 spiro atoms. The van der Waals surface area contributed by atoms with Gasteiger partial charge in [-0.05, 0) is 38.5 Å². The molecule has 0 saturated heterocycles. The molecule has 1 aromatic heterocycles. The number of hydrogen-bond acceptors (Lipinski definition) is 3. The molecule has 0 atom stereocenters. The lowest BCUT2D eigenvalue weighted by Crippen LogP contribution is -2.41. The van der Waals surface area contributed by atoms with Crippen molar-refractivity contribution in [3.8, 4) is 0 Å². The Kier molecular flexibility index (Phi) is 9.28. The highest BCUT2D eigenvalue weighted by Crippen LogP contribution is 2.10. The summed E-state index contributed by atoms with van der Waals surface area (Å²) < 4.78 is 0. The Bertz CT molecular complexity index is 418. The van der Waals surface area contributed by atoms with Gasteiger partial charge in [-0.15, -0.1) is 24.0 Å². The first-order chi connectivity index (χ1) is 9.02. The Morgan fingerprint density at radius 2 is 2.10 bits per heavy atom. The Morgan fingerprint density at radius 1 is 1.40 bits per heavy atom. The molecule has 0 aliphatic rings. The van der Waals surface area contributed by atoms with Crippen molar-refractivity contribution in [1.82, 2.24) is 15.6 Å². The number of anilines is 1. The molecule has 5 nitrogen and oxygen atoms in total. The molecular weight excluding hydrogens is 365 g/mol. The van der Waals surface area contributed by atoms with Gasteiger partial charge in [-0.25, -0.2) is 9.98 Å². The van der Waals surface area contributed by atoms with E-state index in [-0.39, 0.29) is 24.0 Å². The van der Waals surface area contributed by atoms with Crippen molar-refractivity contribution in [1.29, 1.82) is 0 Å². The van der Waals surface area contributed by atoms with Crippen LogP contribution in [0.4, 0.5) is 5.82 Å². The van der Waals surface area contributed by atoms with Crippen LogP contribution in [-0.4, -0.2) is 37.6 Å². The van der Waals surface area contributed by atoms with Crippen LogP contribution in [-0.2, 0) is 6.54 Å². The molecular formula is C14H26IN5. The summed E-state index contributed by atoms with van der Waals surface area (Å²) in [4.78, 5) is 10.9. The van der Waals surface area contributed by atoms with Crippen LogP contribution >= 0.6 is 24.0 Å². The summed E-state index contributed by atoms with van der Waals surface area (Å²) in [6.45, 7) is 7.77. The van der Waals surface area contributed by atoms with E-state index in [2.05, 4.69) is 47.4 Å². The number of guanidine groups is 1. The van der Waals surface area contributed by atoms with Crippen LogP contribution in [0.5, 0.6) is 0 Å². The summed E-state index contributed by atoms with van der Waals surface area (Å²) in [7, 11) is 3.97. The molecule has 1 rings (SSSR count). The lowest BCUT2D eigenvalue weighted by atomic mass is 10.2. The maximum Gasteiger partial charge on any atom is 0.191 e. The van der Waals surface area contributed by atoms with Crippen molar-refractivity contribution >= 4 is 35.8 Å². The van der Waals surface area contributed by atoms with Gasteiger partial charge >= 0.3 is 0 Å². The molecule has 2 N–H and O–H groups in total. The van der Waals surface area contributed by atoms with E-state index in [1.54, 1.807) is 0 Å². The van der Waals surface area contributed by atoms with Crippen molar-refractivity contribution in [3.63, 3.8) is 0 Å². The summed E-state index contributed by atoms with van der Waals surface area (Å²) in [6, 6.07) is 4.42. The molecule has 0 unspecified atom stereocenters. The summed E-state index contributed by atoms with van der Waals surface area (Å²) in [5.74, 6) is 1.80. The number of aliphatic imine (C=N–C) groups is 1. The van der Waals surface area contributed by atoms with E-state index in [0.29, 0.717) is 12.6 Å². The van der Waals surface area contributed by atoms with Gasteiger partial charge in [-0.3, -0.25) is 0 Å². The molecule has 20 heavy (non-hydrogen) atoms. The zero-order chi connectivity index (χ0) is 14.3. The van der Waals surface area contributed by atoms with Gasteiger partial charge in [-0.2, -0.15) is 0 Å². The third-order valence-electron chi connectivity index (χ3n) is 2.46. The van der Waals surface area contributed by atoms with Crippen LogP contribution in [0, 0.1) is 0 Å². The maximum absolute atomic E-state index is 4.57. The van der Waals surface area contributed by atoms with E-state index < -0.39 is 0 Å². The number of nitrogens with one attached hydrogen (secondary N) is 2. The van der Waals surface area contributed by atoms with Gasteiger partial charge in [0.15, 0.2) is 5.96 Å². The quantitative estimate of drug-likeness (QED) is 0.459. The average Bonchev–Trinajstić information content (AvgIpc) is 2.36. The molecule has 0 aromatic carbocycles. The average molecular weight is 391 g/mol. The molecule has 0 radical (unpaired) electrons. The molecule has 0 fully saturated rings. The van der Waals surface area contributed by atoms with Crippen molar-refractivity contribution < 1.29 is 0 Å². The van der Waals surface area contributed by atoms with E-state index >= 15 is 0 Å². The molecule has 0 bridgehead atoms. The lowest BCUT2D eigenvalue weighted by Gasteiger charge is -2.14. The number of halogens is 1. The van der Waals surface area contributed by atoms with E-state index in [4.69, 9.17) is 0 Å². The minimum atomic E-state index is 0. The van der Waals surface area contributed by atoms with Crippen molar-refractivity contribution in [2.75, 3.05) is 25.5 Å². The van der Waals surface area contributed by atoms with Gasteiger partial charge in [0.1, 0.15) is 5.82 Å². The topological polar surface area (TPSA) is 52.6 Å². The first kappa shape index (κ1) is 18.9. The minimum absolute atomic E-state index is 0. The molecule has 0 saturated carbocycles. The Morgan fingerprint density at radius 3 is 2.65 bits per heavy atom. The van der Waals surface area contributed by atoms with Crippen LogP contribution in [0.3, 0.4) is 0 Å². The first-order valence-corrected chi connectivity index (χ1v) is 6.70. The zero-order valence-electron chi connectivity index (χ0n) is 13.0. The Hall–Kier alpha value is -1.05. The number of pyridine rings is 1. The van der Waals surface area contributed by atoms with Crippen molar-refractivity contribution in [2.45, 2.75) is 33.4 Å². The largest absolute Gasteiger partial charge is 0.363 e. The molecule has 1 heterocycles. The summed E-state index contributed by atoms with van der Waals surface area (Å²) in [5, 5.41) is 6.54. The molecule has 0 aliphatic carbocycles. The number of rotatable bonds is 5. The summed E-state index contributed by atoms with van der Waals surface area (Å²) in [6.07, 6.45) is 1.82. The highest BCUT2D eigenvalue weighted by molar-refractivity contribution is 14.0. The van der Waals surface area contributed by atoms with Gasteiger partial charge in [-0.1, -0.05) is 0 Å².